The molecule has 3 heterocycles. The van der Waals surface area contributed by atoms with Crippen LogP contribution in [0.4, 0.5) is 4.79 Å². The van der Waals surface area contributed by atoms with Crippen LogP contribution in [0.1, 0.15) is 31.7 Å². The second kappa shape index (κ2) is 5.64. The van der Waals surface area contributed by atoms with E-state index in [-0.39, 0.29) is 24.0 Å². The van der Waals surface area contributed by atoms with E-state index in [0.717, 1.165) is 38.9 Å². The number of hydrogen-bond donors (Lipinski definition) is 0. The molecule has 0 radical (unpaired) electrons. The van der Waals surface area contributed by atoms with Crippen LogP contribution in [-0.4, -0.2) is 57.9 Å². The Kier molecular flexibility index (Phi) is 3.60. The monoisotopic (exact) mass is 313 g/mol. The van der Waals surface area contributed by atoms with Crippen LogP contribution < -0.4 is 0 Å². The van der Waals surface area contributed by atoms with Crippen molar-refractivity contribution in [2.45, 2.75) is 50.9 Å². The summed E-state index contributed by atoms with van der Waals surface area (Å²) in [5.74, 6) is 0.0336. The van der Waals surface area contributed by atoms with Crippen LogP contribution in [0.3, 0.4) is 0 Å². The Morgan fingerprint density at radius 1 is 1.17 bits per heavy atom. The Labute approximate surface area is 136 Å². The van der Waals surface area contributed by atoms with Gasteiger partial charge in [0.25, 0.3) is 5.91 Å². The van der Waals surface area contributed by atoms with Crippen LogP contribution in [0.25, 0.3) is 0 Å². The molecule has 4 rings (SSSR count). The summed E-state index contributed by atoms with van der Waals surface area (Å²) in [5, 5.41) is 0. The van der Waals surface area contributed by atoms with Gasteiger partial charge in [0, 0.05) is 25.7 Å². The lowest BCUT2D eigenvalue weighted by Gasteiger charge is -2.23. The van der Waals surface area contributed by atoms with Gasteiger partial charge in [-0.3, -0.25) is 14.6 Å². The van der Waals surface area contributed by atoms with Crippen molar-refractivity contribution in [1.82, 2.24) is 14.7 Å². The van der Waals surface area contributed by atoms with Gasteiger partial charge < -0.3 is 4.90 Å². The molecule has 5 nitrogen and oxygen atoms in total. The van der Waals surface area contributed by atoms with Gasteiger partial charge in [-0.05, 0) is 31.7 Å². The molecule has 3 atom stereocenters. The van der Waals surface area contributed by atoms with Crippen molar-refractivity contribution in [3.8, 4) is 0 Å². The number of benzene rings is 1. The smallest absolute Gasteiger partial charge is 0.312 e. The Bertz CT molecular complexity index is 596. The molecule has 23 heavy (non-hydrogen) atoms. The first-order valence-corrected chi connectivity index (χ1v) is 8.57. The van der Waals surface area contributed by atoms with E-state index in [4.69, 9.17) is 0 Å². The highest BCUT2D eigenvalue weighted by Crippen LogP contribution is 2.33. The number of amides is 3. The quantitative estimate of drug-likeness (QED) is 0.803. The summed E-state index contributed by atoms with van der Waals surface area (Å²) >= 11 is 0. The molecule has 0 aliphatic carbocycles. The molecule has 3 aliphatic rings. The van der Waals surface area contributed by atoms with Gasteiger partial charge in [0.1, 0.15) is 6.04 Å². The van der Waals surface area contributed by atoms with Crippen molar-refractivity contribution in [2.75, 3.05) is 13.1 Å². The Balaban J connectivity index is 1.47. The maximum Gasteiger partial charge on any atom is 0.327 e. The Hall–Kier alpha value is -1.88. The van der Waals surface area contributed by atoms with Crippen molar-refractivity contribution in [3.05, 3.63) is 35.9 Å². The van der Waals surface area contributed by atoms with Crippen molar-refractivity contribution in [3.63, 3.8) is 0 Å². The normalized spacial score (nSPS) is 31.3. The molecule has 3 saturated heterocycles. The number of likely N-dealkylation sites (tertiary alicyclic amines) is 1. The second-order valence-electron chi connectivity index (χ2n) is 7.00. The number of carbonyl (C=O) groups excluding carboxylic acids is 2. The van der Waals surface area contributed by atoms with Gasteiger partial charge in [-0.25, -0.2) is 4.79 Å². The van der Waals surface area contributed by atoms with Gasteiger partial charge in [0.15, 0.2) is 0 Å². The molecule has 0 bridgehead atoms. The molecule has 0 aromatic heterocycles. The molecule has 3 aliphatic heterocycles. The molecule has 0 unspecified atom stereocenters. The van der Waals surface area contributed by atoms with Crippen LogP contribution in [-0.2, 0) is 11.3 Å². The Morgan fingerprint density at radius 2 is 1.96 bits per heavy atom. The molecule has 1 aromatic carbocycles. The fourth-order valence-electron chi connectivity index (χ4n) is 4.28. The zero-order valence-corrected chi connectivity index (χ0v) is 13.5. The molecule has 0 saturated carbocycles. The van der Waals surface area contributed by atoms with Gasteiger partial charge in [0.2, 0.25) is 0 Å². The average molecular weight is 313 g/mol. The summed E-state index contributed by atoms with van der Waals surface area (Å²) in [5.41, 5.74) is 1.28. The molecule has 0 N–H and O–H groups in total. The maximum atomic E-state index is 12.6. The summed E-state index contributed by atoms with van der Waals surface area (Å²) in [4.78, 5) is 30.9. The van der Waals surface area contributed by atoms with Gasteiger partial charge in [-0.1, -0.05) is 30.3 Å². The average Bonchev–Trinajstić information content (AvgIpc) is 3.21. The molecule has 0 spiro atoms. The zero-order valence-electron chi connectivity index (χ0n) is 13.5. The van der Waals surface area contributed by atoms with Gasteiger partial charge in [-0.2, -0.15) is 0 Å². The van der Waals surface area contributed by atoms with Gasteiger partial charge in [0.05, 0.1) is 6.04 Å². The first kappa shape index (κ1) is 14.7. The van der Waals surface area contributed by atoms with Crippen molar-refractivity contribution >= 4 is 11.9 Å². The van der Waals surface area contributed by atoms with Crippen molar-refractivity contribution < 1.29 is 9.59 Å². The van der Waals surface area contributed by atoms with E-state index in [0.29, 0.717) is 6.04 Å². The van der Waals surface area contributed by atoms with E-state index >= 15 is 0 Å². The third kappa shape index (κ3) is 2.43. The minimum Gasteiger partial charge on any atom is -0.312 e. The lowest BCUT2D eigenvalue weighted by molar-refractivity contribution is -0.129. The minimum atomic E-state index is -0.180. The molecule has 3 amide bonds. The molecule has 122 valence electrons. The maximum absolute atomic E-state index is 12.6. The topological polar surface area (TPSA) is 43.9 Å². The summed E-state index contributed by atoms with van der Waals surface area (Å²) < 4.78 is 0. The van der Waals surface area contributed by atoms with Crippen LogP contribution in [0.5, 0.6) is 0 Å². The summed E-state index contributed by atoms with van der Waals surface area (Å²) in [6.07, 6.45) is 2.67. The number of imide groups is 1. The van der Waals surface area contributed by atoms with Crippen LogP contribution in [0, 0.1) is 0 Å². The third-order valence-electron chi connectivity index (χ3n) is 5.50. The highest BCUT2D eigenvalue weighted by atomic mass is 16.2. The number of carbonyl (C=O) groups is 2. The SMILES string of the molecule is C[C@H]1C[C@H](N2C(=O)[C@@H]3CCCN3C2=O)CN1Cc1ccccc1. The fraction of sp³-hybridized carbons (Fsp3) is 0.556. The fourth-order valence-corrected chi connectivity index (χ4v) is 4.28. The Morgan fingerprint density at radius 3 is 2.70 bits per heavy atom. The van der Waals surface area contributed by atoms with Gasteiger partial charge in [-0.15, -0.1) is 0 Å². The first-order valence-electron chi connectivity index (χ1n) is 8.57. The number of hydrogen-bond acceptors (Lipinski definition) is 3. The largest absolute Gasteiger partial charge is 0.327 e. The van der Waals surface area contributed by atoms with Crippen molar-refractivity contribution in [2.24, 2.45) is 0 Å². The number of fused-ring (bicyclic) bond motifs is 1. The lowest BCUT2D eigenvalue weighted by Crippen LogP contribution is -2.43. The standard InChI is InChI=1S/C18H23N3O2/c1-13-10-15(12-19(13)11-14-6-3-2-4-7-14)21-17(22)16-8-5-9-20(16)18(21)23/h2-4,6-7,13,15-16H,5,8-12H2,1H3/t13-,15-,16-/m0/s1. The molecule has 1 aromatic rings. The predicted octanol–water partition coefficient (Wildman–Crippen LogP) is 2.08. The zero-order chi connectivity index (χ0) is 16.0. The summed E-state index contributed by atoms with van der Waals surface area (Å²) in [6.45, 7) is 4.59. The van der Waals surface area contributed by atoms with E-state index in [1.807, 2.05) is 6.07 Å². The van der Waals surface area contributed by atoms with Crippen LogP contribution in [0.2, 0.25) is 0 Å². The third-order valence-corrected chi connectivity index (χ3v) is 5.50. The number of rotatable bonds is 3. The molecule has 3 fully saturated rings. The lowest BCUT2D eigenvalue weighted by atomic mass is 10.1. The molecule has 5 heteroatoms. The van der Waals surface area contributed by atoms with E-state index in [9.17, 15) is 9.59 Å². The van der Waals surface area contributed by atoms with E-state index in [1.54, 1.807) is 9.80 Å². The van der Waals surface area contributed by atoms with E-state index in [1.165, 1.54) is 5.56 Å². The van der Waals surface area contributed by atoms with Gasteiger partial charge >= 0.3 is 6.03 Å². The van der Waals surface area contributed by atoms with Crippen LogP contribution in [0.15, 0.2) is 30.3 Å². The molecular formula is C18H23N3O2. The highest BCUT2D eigenvalue weighted by Gasteiger charge is 2.51. The van der Waals surface area contributed by atoms with Crippen LogP contribution >= 0.6 is 0 Å². The first-order chi connectivity index (χ1) is 11.1. The molecular weight excluding hydrogens is 290 g/mol. The number of nitrogens with zero attached hydrogens (tertiary/aromatic N) is 3. The summed E-state index contributed by atoms with van der Waals surface area (Å²) in [7, 11) is 0. The highest BCUT2D eigenvalue weighted by molar-refractivity contribution is 6.05. The minimum absolute atomic E-state index is 0.0271. The van der Waals surface area contributed by atoms with E-state index in [2.05, 4.69) is 36.1 Å². The number of urea groups is 1. The summed E-state index contributed by atoms with van der Waals surface area (Å²) in [6, 6.07) is 10.6. The van der Waals surface area contributed by atoms with Crippen molar-refractivity contribution in [1.29, 1.82) is 0 Å². The predicted molar refractivity (Wildman–Crippen MR) is 86.7 cm³/mol. The second-order valence-corrected chi connectivity index (χ2v) is 7.00. The van der Waals surface area contributed by atoms with E-state index < -0.39 is 0 Å².